The molecule has 0 unspecified atom stereocenters. The first-order chi connectivity index (χ1) is 9.10. The summed E-state index contributed by atoms with van der Waals surface area (Å²) in [5, 5.41) is 8.90. The Bertz CT molecular complexity index is 580. The highest BCUT2D eigenvalue weighted by Gasteiger charge is 2.02. The lowest BCUT2D eigenvalue weighted by Crippen LogP contribution is -1.84. The fourth-order valence-corrected chi connectivity index (χ4v) is 3.19. The molecular weight excluding hydrogens is 368 g/mol. The molecule has 3 heteroatoms. The van der Waals surface area contributed by atoms with Crippen molar-refractivity contribution in [1.82, 2.24) is 0 Å². The molecule has 0 aliphatic carbocycles. The van der Waals surface area contributed by atoms with Crippen LogP contribution < -0.4 is 0 Å². The first-order valence-electron chi connectivity index (χ1n) is 5.94. The van der Waals surface area contributed by atoms with E-state index in [1.54, 1.807) is 0 Å². The number of allylic oxidation sites excluding steroid dienone is 1. The molecule has 0 saturated heterocycles. The number of hydrogen-bond donors (Lipinski definition) is 1. The summed E-state index contributed by atoms with van der Waals surface area (Å²) in [7, 11) is 0. The molecule has 0 amide bonds. The van der Waals surface area contributed by atoms with E-state index in [-0.39, 0.29) is 6.61 Å². The third kappa shape index (κ3) is 3.78. The lowest BCUT2D eigenvalue weighted by atomic mass is 10.0. The summed E-state index contributed by atoms with van der Waals surface area (Å²) in [4.78, 5) is 0. The molecule has 0 aromatic heterocycles. The number of benzene rings is 2. The maximum atomic E-state index is 8.90. The van der Waals surface area contributed by atoms with E-state index in [1.165, 1.54) is 5.56 Å². The van der Waals surface area contributed by atoms with Gasteiger partial charge in [-0.25, -0.2) is 0 Å². The Morgan fingerprint density at radius 1 is 1.00 bits per heavy atom. The van der Waals surface area contributed by atoms with Gasteiger partial charge in [-0.05, 0) is 47.4 Å². The second-order valence-corrected chi connectivity index (χ2v) is 6.14. The normalized spacial score (nSPS) is 11.7. The van der Waals surface area contributed by atoms with E-state index in [1.807, 2.05) is 19.1 Å². The molecule has 0 radical (unpaired) electrons. The van der Waals surface area contributed by atoms with Crippen LogP contribution in [0.3, 0.4) is 0 Å². The van der Waals surface area contributed by atoms with Gasteiger partial charge in [-0.3, -0.25) is 0 Å². The Labute approximate surface area is 130 Å². The van der Waals surface area contributed by atoms with Gasteiger partial charge in [0.05, 0.1) is 6.61 Å². The van der Waals surface area contributed by atoms with Gasteiger partial charge in [0.15, 0.2) is 0 Å². The number of halogens is 2. The third-order valence-corrected chi connectivity index (χ3v) is 3.85. The van der Waals surface area contributed by atoms with Gasteiger partial charge >= 0.3 is 0 Å². The van der Waals surface area contributed by atoms with Gasteiger partial charge in [0.1, 0.15) is 0 Å². The van der Waals surface area contributed by atoms with Crippen molar-refractivity contribution in [2.75, 3.05) is 6.61 Å². The Balaban J connectivity index is 2.35. The zero-order valence-electron chi connectivity index (χ0n) is 10.5. The van der Waals surface area contributed by atoms with Crippen LogP contribution in [0.25, 0.3) is 16.7 Å². The lowest BCUT2D eigenvalue weighted by Gasteiger charge is -2.06. The highest BCUT2D eigenvalue weighted by molar-refractivity contribution is 9.11. The van der Waals surface area contributed by atoms with Crippen LogP contribution in [0.4, 0.5) is 0 Å². The van der Waals surface area contributed by atoms with Crippen LogP contribution in [0.15, 0.2) is 57.5 Å². The molecule has 0 heterocycles. The number of aliphatic hydroxyl groups excluding tert-OH is 1. The Kier molecular flexibility index (Phi) is 4.97. The highest BCUT2D eigenvalue weighted by Crippen LogP contribution is 2.28. The Morgan fingerprint density at radius 3 is 2.11 bits per heavy atom. The zero-order chi connectivity index (χ0) is 13.8. The molecule has 19 heavy (non-hydrogen) atoms. The summed E-state index contributed by atoms with van der Waals surface area (Å²) in [6.45, 7) is 2.08. The molecule has 0 fully saturated rings. The molecule has 0 bridgehead atoms. The third-order valence-electron chi connectivity index (χ3n) is 2.93. The van der Waals surface area contributed by atoms with Gasteiger partial charge in [0, 0.05) is 8.95 Å². The molecule has 98 valence electrons. The van der Waals surface area contributed by atoms with Crippen molar-refractivity contribution in [3.63, 3.8) is 0 Å². The molecule has 0 aliphatic heterocycles. The van der Waals surface area contributed by atoms with Crippen molar-refractivity contribution in [2.45, 2.75) is 6.92 Å². The van der Waals surface area contributed by atoms with Crippen molar-refractivity contribution in [1.29, 1.82) is 0 Å². The summed E-state index contributed by atoms with van der Waals surface area (Å²) >= 11 is 7.00. The average molecular weight is 382 g/mol. The zero-order valence-corrected chi connectivity index (χ0v) is 13.7. The van der Waals surface area contributed by atoms with Crippen LogP contribution in [-0.2, 0) is 0 Å². The van der Waals surface area contributed by atoms with Crippen LogP contribution in [-0.4, -0.2) is 11.7 Å². The van der Waals surface area contributed by atoms with Crippen LogP contribution in [0.2, 0.25) is 0 Å². The minimum atomic E-state index is 0.0756. The second-order valence-electron chi connectivity index (χ2n) is 4.31. The average Bonchev–Trinajstić information content (AvgIpc) is 2.38. The van der Waals surface area contributed by atoms with E-state index >= 15 is 0 Å². The first kappa shape index (κ1) is 14.5. The maximum absolute atomic E-state index is 8.90. The first-order valence-corrected chi connectivity index (χ1v) is 7.53. The highest BCUT2D eigenvalue weighted by atomic mass is 79.9. The topological polar surface area (TPSA) is 20.2 Å². The van der Waals surface area contributed by atoms with Gasteiger partial charge in [0.2, 0.25) is 0 Å². The fraction of sp³-hybridized carbons (Fsp3) is 0.125. The van der Waals surface area contributed by atoms with Crippen molar-refractivity contribution < 1.29 is 5.11 Å². The predicted octanol–water partition coefficient (Wildman–Crippen LogP) is 5.27. The van der Waals surface area contributed by atoms with Gasteiger partial charge in [0.25, 0.3) is 0 Å². The number of rotatable bonds is 3. The molecule has 1 nitrogen and oxygen atoms in total. The van der Waals surface area contributed by atoms with Crippen LogP contribution >= 0.6 is 31.9 Å². The molecule has 2 aromatic rings. The number of hydrogen-bond acceptors (Lipinski definition) is 1. The van der Waals surface area contributed by atoms with E-state index in [0.717, 1.165) is 25.6 Å². The van der Waals surface area contributed by atoms with E-state index in [2.05, 4.69) is 68.3 Å². The Morgan fingerprint density at radius 2 is 1.58 bits per heavy atom. The minimum absolute atomic E-state index is 0.0756. The molecule has 0 saturated carbocycles. The largest absolute Gasteiger partial charge is 0.392 e. The SMILES string of the molecule is C/C(=C/CO)c1ccc(-c2cc(Br)cc(Br)c2)cc1. The lowest BCUT2D eigenvalue weighted by molar-refractivity contribution is 0.343. The summed E-state index contributed by atoms with van der Waals surface area (Å²) < 4.78 is 2.11. The summed E-state index contributed by atoms with van der Waals surface area (Å²) in [6, 6.07) is 14.5. The van der Waals surface area contributed by atoms with Gasteiger partial charge in [-0.15, -0.1) is 0 Å². The number of aliphatic hydroxyl groups is 1. The van der Waals surface area contributed by atoms with E-state index in [9.17, 15) is 0 Å². The monoisotopic (exact) mass is 380 g/mol. The summed E-state index contributed by atoms with van der Waals surface area (Å²) in [5.74, 6) is 0. The fourth-order valence-electron chi connectivity index (χ4n) is 1.90. The molecule has 2 rings (SSSR count). The van der Waals surface area contributed by atoms with Crippen molar-refractivity contribution >= 4 is 37.4 Å². The van der Waals surface area contributed by atoms with E-state index in [0.29, 0.717) is 0 Å². The second kappa shape index (κ2) is 6.51. The van der Waals surface area contributed by atoms with Crippen molar-refractivity contribution in [3.05, 3.63) is 63.0 Å². The van der Waals surface area contributed by atoms with E-state index in [4.69, 9.17) is 5.11 Å². The van der Waals surface area contributed by atoms with Gasteiger partial charge in [-0.1, -0.05) is 62.2 Å². The Hall–Kier alpha value is -0.900. The van der Waals surface area contributed by atoms with Crippen molar-refractivity contribution in [2.24, 2.45) is 0 Å². The molecule has 2 aromatic carbocycles. The maximum Gasteiger partial charge on any atom is 0.0618 e. The molecule has 1 N–H and O–H groups in total. The van der Waals surface area contributed by atoms with Crippen molar-refractivity contribution in [3.8, 4) is 11.1 Å². The molecule has 0 spiro atoms. The van der Waals surface area contributed by atoms with Crippen LogP contribution in [0.1, 0.15) is 12.5 Å². The van der Waals surface area contributed by atoms with Crippen LogP contribution in [0.5, 0.6) is 0 Å². The minimum Gasteiger partial charge on any atom is -0.392 e. The summed E-state index contributed by atoms with van der Waals surface area (Å²) in [5.41, 5.74) is 4.55. The van der Waals surface area contributed by atoms with E-state index < -0.39 is 0 Å². The smallest absolute Gasteiger partial charge is 0.0618 e. The van der Waals surface area contributed by atoms with Gasteiger partial charge < -0.3 is 5.11 Å². The van der Waals surface area contributed by atoms with Gasteiger partial charge in [-0.2, -0.15) is 0 Å². The molecular formula is C16H14Br2O. The summed E-state index contributed by atoms with van der Waals surface area (Å²) in [6.07, 6.45) is 1.81. The predicted molar refractivity (Wildman–Crippen MR) is 88.0 cm³/mol. The molecule has 0 atom stereocenters. The standard InChI is InChI=1S/C16H14Br2O/c1-11(6-7-19)12-2-4-13(5-3-12)14-8-15(17)10-16(18)9-14/h2-6,8-10,19H,7H2,1H3/b11-6-. The van der Waals surface area contributed by atoms with Crippen LogP contribution in [0, 0.1) is 0 Å². The quantitative estimate of drug-likeness (QED) is 0.767. The molecule has 0 aliphatic rings.